The molecule has 3 aromatic rings. The fraction of sp³-hybridized carbons (Fsp3) is 0.389. The number of amides is 2. The first-order valence-electron chi connectivity index (χ1n) is 8.57. The second-order valence-corrected chi connectivity index (χ2v) is 6.13. The number of carbonyl (C=O) groups excluding carboxylic acids is 1. The Hall–Kier alpha value is -2.83. The van der Waals surface area contributed by atoms with Crippen molar-refractivity contribution in [2.24, 2.45) is 0 Å². The smallest absolute Gasteiger partial charge is 0.314 e. The molecule has 7 heteroatoms. The minimum absolute atomic E-state index is 0.142. The molecular formula is C18H24N6O. The van der Waals surface area contributed by atoms with Crippen LogP contribution in [0, 0.1) is 13.8 Å². The average molecular weight is 340 g/mol. The Morgan fingerprint density at radius 1 is 1.20 bits per heavy atom. The summed E-state index contributed by atoms with van der Waals surface area (Å²) in [6.45, 7) is 6.02. The summed E-state index contributed by atoms with van der Waals surface area (Å²) in [6.07, 6.45) is 5.51. The third-order valence-corrected chi connectivity index (χ3v) is 4.02. The van der Waals surface area contributed by atoms with Crippen molar-refractivity contribution < 1.29 is 4.79 Å². The van der Waals surface area contributed by atoms with Gasteiger partial charge in [-0.15, -0.1) is 0 Å². The molecular weight excluding hydrogens is 316 g/mol. The molecule has 0 fully saturated rings. The lowest BCUT2D eigenvalue weighted by Gasteiger charge is -2.08. The van der Waals surface area contributed by atoms with Crippen molar-refractivity contribution in [3.63, 3.8) is 0 Å². The third kappa shape index (κ3) is 4.59. The van der Waals surface area contributed by atoms with Crippen LogP contribution in [0.25, 0.3) is 5.65 Å². The Morgan fingerprint density at radius 2 is 2.04 bits per heavy atom. The van der Waals surface area contributed by atoms with Gasteiger partial charge in [-0.2, -0.15) is 5.10 Å². The molecule has 0 saturated heterocycles. The number of imidazole rings is 1. The number of nitrogens with zero attached hydrogens (tertiary/aromatic N) is 4. The summed E-state index contributed by atoms with van der Waals surface area (Å²) in [4.78, 5) is 16.3. The van der Waals surface area contributed by atoms with Gasteiger partial charge in [0.1, 0.15) is 5.65 Å². The van der Waals surface area contributed by atoms with Gasteiger partial charge in [0.25, 0.3) is 0 Å². The van der Waals surface area contributed by atoms with Gasteiger partial charge < -0.3 is 15.0 Å². The van der Waals surface area contributed by atoms with Crippen LogP contribution in [-0.2, 0) is 13.0 Å². The topological polar surface area (TPSA) is 76.2 Å². The molecule has 0 atom stereocenters. The highest BCUT2D eigenvalue weighted by atomic mass is 16.2. The lowest BCUT2D eigenvalue weighted by molar-refractivity contribution is 0.240. The number of aryl methyl sites for hydroxylation is 3. The number of pyridine rings is 1. The molecule has 2 N–H and O–H groups in total. The lowest BCUT2D eigenvalue weighted by atomic mass is 10.3. The van der Waals surface area contributed by atoms with Crippen molar-refractivity contribution in [2.75, 3.05) is 13.1 Å². The summed E-state index contributed by atoms with van der Waals surface area (Å²) in [6, 6.07) is 7.81. The van der Waals surface area contributed by atoms with E-state index in [2.05, 4.69) is 26.8 Å². The maximum Gasteiger partial charge on any atom is 0.314 e. The van der Waals surface area contributed by atoms with Crippen molar-refractivity contribution in [1.82, 2.24) is 29.8 Å². The van der Waals surface area contributed by atoms with Crippen LogP contribution < -0.4 is 10.6 Å². The predicted molar refractivity (Wildman–Crippen MR) is 96.6 cm³/mol. The van der Waals surface area contributed by atoms with Gasteiger partial charge in [-0.05, 0) is 38.5 Å². The lowest BCUT2D eigenvalue weighted by Crippen LogP contribution is -2.37. The minimum atomic E-state index is -0.142. The van der Waals surface area contributed by atoms with Crippen LogP contribution >= 0.6 is 0 Å². The normalized spacial score (nSPS) is 11.0. The molecule has 0 radical (unpaired) electrons. The van der Waals surface area contributed by atoms with Crippen molar-refractivity contribution >= 4 is 11.7 Å². The van der Waals surface area contributed by atoms with Crippen LogP contribution in [0.5, 0.6) is 0 Å². The van der Waals surface area contributed by atoms with Crippen LogP contribution in [-0.4, -0.2) is 38.3 Å². The molecule has 2 amide bonds. The predicted octanol–water partition coefficient (Wildman–Crippen LogP) is 2.08. The maximum atomic E-state index is 11.8. The molecule has 0 aliphatic carbocycles. The summed E-state index contributed by atoms with van der Waals surface area (Å²) < 4.78 is 3.95. The Balaban J connectivity index is 1.33. The molecule has 132 valence electrons. The van der Waals surface area contributed by atoms with E-state index in [1.165, 1.54) is 0 Å². The van der Waals surface area contributed by atoms with Crippen LogP contribution in [0.3, 0.4) is 0 Å². The first-order chi connectivity index (χ1) is 12.1. The first-order valence-corrected chi connectivity index (χ1v) is 8.57. The van der Waals surface area contributed by atoms with Gasteiger partial charge in [-0.25, -0.2) is 9.78 Å². The monoisotopic (exact) mass is 340 g/mol. The standard InChI is InChI=1S/C18H24N6O/c1-14-12-15(2)24(22-14)11-5-8-19-18(25)20-9-7-16-13-23-10-4-3-6-17(23)21-16/h3-4,6,10,12-13H,5,7-9,11H2,1-2H3,(H2,19,20,25). The van der Waals surface area contributed by atoms with Gasteiger partial charge in [0.05, 0.1) is 11.4 Å². The number of hydrogen-bond acceptors (Lipinski definition) is 3. The van der Waals surface area contributed by atoms with E-state index in [-0.39, 0.29) is 6.03 Å². The molecule has 0 aromatic carbocycles. The Kier molecular flexibility index (Phi) is 5.33. The molecule has 0 aliphatic rings. The molecule has 0 unspecified atom stereocenters. The van der Waals surface area contributed by atoms with E-state index in [9.17, 15) is 4.79 Å². The van der Waals surface area contributed by atoms with Crippen LogP contribution in [0.4, 0.5) is 4.79 Å². The Morgan fingerprint density at radius 3 is 2.80 bits per heavy atom. The molecule has 3 aromatic heterocycles. The SMILES string of the molecule is Cc1cc(C)n(CCCNC(=O)NCCc2cn3ccccc3n2)n1. The molecule has 25 heavy (non-hydrogen) atoms. The highest BCUT2D eigenvalue weighted by molar-refractivity contribution is 5.73. The number of nitrogens with one attached hydrogen (secondary N) is 2. The Labute approximate surface area is 147 Å². The molecule has 0 spiro atoms. The van der Waals surface area contributed by atoms with Gasteiger partial charge in [-0.3, -0.25) is 4.68 Å². The van der Waals surface area contributed by atoms with E-state index in [0.29, 0.717) is 19.5 Å². The van der Waals surface area contributed by atoms with E-state index < -0.39 is 0 Å². The van der Waals surface area contributed by atoms with Crippen molar-refractivity contribution in [3.8, 4) is 0 Å². The van der Waals surface area contributed by atoms with E-state index in [4.69, 9.17) is 0 Å². The number of rotatable bonds is 7. The summed E-state index contributed by atoms with van der Waals surface area (Å²) in [5.74, 6) is 0. The number of urea groups is 1. The quantitative estimate of drug-likeness (QED) is 0.647. The highest BCUT2D eigenvalue weighted by Gasteiger charge is 2.04. The van der Waals surface area contributed by atoms with E-state index in [1.807, 2.05) is 53.5 Å². The fourth-order valence-electron chi connectivity index (χ4n) is 2.81. The zero-order valence-corrected chi connectivity index (χ0v) is 14.7. The number of aromatic nitrogens is 4. The molecule has 3 rings (SSSR count). The van der Waals surface area contributed by atoms with Gasteiger partial charge in [-0.1, -0.05) is 6.07 Å². The number of hydrogen-bond donors (Lipinski definition) is 2. The highest BCUT2D eigenvalue weighted by Crippen LogP contribution is 2.04. The van der Waals surface area contributed by atoms with E-state index in [0.717, 1.165) is 35.7 Å². The summed E-state index contributed by atoms with van der Waals surface area (Å²) in [5, 5.41) is 10.2. The van der Waals surface area contributed by atoms with Crippen molar-refractivity contribution in [1.29, 1.82) is 0 Å². The van der Waals surface area contributed by atoms with Crippen molar-refractivity contribution in [2.45, 2.75) is 33.2 Å². The molecule has 0 bridgehead atoms. The second-order valence-electron chi connectivity index (χ2n) is 6.13. The molecule has 0 saturated carbocycles. The van der Waals surface area contributed by atoms with Gasteiger partial charge in [0.2, 0.25) is 0 Å². The summed E-state index contributed by atoms with van der Waals surface area (Å²) in [7, 11) is 0. The number of fused-ring (bicyclic) bond motifs is 1. The average Bonchev–Trinajstić information content (AvgIpc) is 3.13. The van der Waals surface area contributed by atoms with Crippen LogP contribution in [0.1, 0.15) is 23.5 Å². The summed E-state index contributed by atoms with van der Waals surface area (Å²) >= 11 is 0. The van der Waals surface area contributed by atoms with Crippen molar-refractivity contribution in [3.05, 3.63) is 53.7 Å². The van der Waals surface area contributed by atoms with E-state index >= 15 is 0 Å². The fourth-order valence-corrected chi connectivity index (χ4v) is 2.81. The summed E-state index contributed by atoms with van der Waals surface area (Å²) in [5.41, 5.74) is 4.06. The van der Waals surface area contributed by atoms with Gasteiger partial charge in [0.15, 0.2) is 0 Å². The maximum absolute atomic E-state index is 11.8. The second kappa shape index (κ2) is 7.83. The van der Waals surface area contributed by atoms with Crippen LogP contribution in [0.15, 0.2) is 36.7 Å². The molecule has 0 aliphatic heterocycles. The Bertz CT molecular complexity index is 817. The third-order valence-electron chi connectivity index (χ3n) is 4.02. The van der Waals surface area contributed by atoms with Gasteiger partial charge >= 0.3 is 6.03 Å². The molecule has 3 heterocycles. The van der Waals surface area contributed by atoms with E-state index in [1.54, 1.807) is 0 Å². The molecule has 7 nitrogen and oxygen atoms in total. The zero-order valence-electron chi connectivity index (χ0n) is 14.7. The first kappa shape index (κ1) is 17.0. The van der Waals surface area contributed by atoms with Gasteiger partial charge in [0, 0.05) is 44.1 Å². The zero-order chi connectivity index (χ0) is 17.6. The minimum Gasteiger partial charge on any atom is -0.338 e. The number of carbonyl (C=O) groups is 1. The van der Waals surface area contributed by atoms with Crippen LogP contribution in [0.2, 0.25) is 0 Å². The largest absolute Gasteiger partial charge is 0.338 e.